The number of carbonyl (C=O) groups excluding carboxylic acids is 1. The third-order valence-electron chi connectivity index (χ3n) is 2.12. The molecule has 0 N–H and O–H groups in total. The third-order valence-corrected chi connectivity index (χ3v) is 2.12. The highest BCUT2D eigenvalue weighted by atomic mass is 16.7. The average molecular weight is 197 g/mol. The molecule has 1 aromatic rings. The summed E-state index contributed by atoms with van der Waals surface area (Å²) < 4.78 is 11.9. The van der Waals surface area contributed by atoms with Gasteiger partial charge in [-0.25, -0.2) is 9.67 Å². The van der Waals surface area contributed by atoms with Gasteiger partial charge in [0.05, 0.1) is 13.2 Å². The largest absolute Gasteiger partial charge is 0.341 e. The molecule has 0 atom stereocenters. The van der Waals surface area contributed by atoms with Crippen LogP contribution in [0.3, 0.4) is 0 Å². The van der Waals surface area contributed by atoms with Crippen LogP contribution in [0.2, 0.25) is 0 Å². The Morgan fingerprint density at radius 1 is 1.57 bits per heavy atom. The fourth-order valence-corrected chi connectivity index (χ4v) is 1.28. The molecule has 14 heavy (non-hydrogen) atoms. The van der Waals surface area contributed by atoms with Crippen molar-refractivity contribution in [2.24, 2.45) is 0 Å². The minimum Gasteiger partial charge on any atom is -0.341 e. The Morgan fingerprint density at radius 3 is 2.86 bits per heavy atom. The second-order valence-corrected chi connectivity index (χ2v) is 3.16. The first-order valence-corrected chi connectivity index (χ1v) is 4.34. The van der Waals surface area contributed by atoms with Gasteiger partial charge < -0.3 is 9.47 Å². The number of rotatable bonds is 3. The summed E-state index contributed by atoms with van der Waals surface area (Å²) in [5.41, 5.74) is 0. The molecule has 0 unspecified atom stereocenters. The van der Waals surface area contributed by atoms with Crippen molar-refractivity contribution in [3.05, 3.63) is 12.7 Å². The van der Waals surface area contributed by atoms with Crippen LogP contribution in [0.4, 0.5) is 0 Å². The molecule has 0 saturated carbocycles. The number of hydrogen-bond acceptors (Lipinski definition) is 5. The van der Waals surface area contributed by atoms with Crippen LogP contribution in [0.15, 0.2) is 12.7 Å². The quantitative estimate of drug-likeness (QED) is 0.660. The Balaban J connectivity index is 2.02. The predicted molar refractivity (Wildman–Crippen MR) is 45.3 cm³/mol. The fraction of sp³-hybridized carbons (Fsp3) is 0.625. The highest BCUT2D eigenvalue weighted by Gasteiger charge is 2.39. The Bertz CT molecular complexity index is 317. The molecule has 0 aliphatic carbocycles. The summed E-state index contributed by atoms with van der Waals surface area (Å²) in [4.78, 5) is 15.4. The summed E-state index contributed by atoms with van der Waals surface area (Å²) in [6.45, 7) is 2.66. The van der Waals surface area contributed by atoms with Gasteiger partial charge in [-0.1, -0.05) is 0 Å². The first kappa shape index (κ1) is 9.29. The van der Waals surface area contributed by atoms with Crippen LogP contribution in [-0.4, -0.2) is 39.5 Å². The van der Waals surface area contributed by atoms with Crippen LogP contribution in [0.25, 0.3) is 0 Å². The van der Waals surface area contributed by atoms with E-state index in [2.05, 4.69) is 10.1 Å². The zero-order valence-electron chi connectivity index (χ0n) is 7.84. The van der Waals surface area contributed by atoms with E-state index in [1.165, 1.54) is 17.3 Å². The molecule has 1 aliphatic heterocycles. The van der Waals surface area contributed by atoms with Crippen molar-refractivity contribution in [3.8, 4) is 0 Å². The van der Waals surface area contributed by atoms with Gasteiger partial charge >= 0.3 is 0 Å². The van der Waals surface area contributed by atoms with E-state index in [9.17, 15) is 4.79 Å². The Kier molecular flexibility index (Phi) is 2.30. The van der Waals surface area contributed by atoms with Gasteiger partial charge in [0.2, 0.25) is 11.6 Å². The molecule has 1 aromatic heterocycles. The lowest BCUT2D eigenvalue weighted by atomic mass is 10.2. The summed E-state index contributed by atoms with van der Waals surface area (Å²) in [6, 6.07) is 0. The highest BCUT2D eigenvalue weighted by Crippen LogP contribution is 2.19. The molecule has 76 valence electrons. The van der Waals surface area contributed by atoms with Gasteiger partial charge in [-0.2, -0.15) is 5.10 Å². The van der Waals surface area contributed by atoms with Crippen LogP contribution < -0.4 is 0 Å². The van der Waals surface area contributed by atoms with Gasteiger partial charge in [-0.3, -0.25) is 4.79 Å². The molecule has 0 spiro atoms. The van der Waals surface area contributed by atoms with Crippen LogP contribution in [0.1, 0.15) is 6.92 Å². The topological polar surface area (TPSA) is 66.2 Å². The Labute approximate surface area is 80.8 Å². The number of Topliss-reactive ketones (excluding diaryl/α,β-unsaturated/α-hetero) is 1. The molecule has 1 aliphatic rings. The van der Waals surface area contributed by atoms with E-state index in [-0.39, 0.29) is 12.3 Å². The van der Waals surface area contributed by atoms with Crippen LogP contribution >= 0.6 is 0 Å². The minimum absolute atomic E-state index is 0.122. The Morgan fingerprint density at radius 2 is 2.29 bits per heavy atom. The van der Waals surface area contributed by atoms with E-state index in [1.54, 1.807) is 6.92 Å². The second-order valence-electron chi connectivity index (χ2n) is 3.16. The molecule has 1 saturated heterocycles. The maximum absolute atomic E-state index is 11.7. The first-order chi connectivity index (χ1) is 6.71. The normalized spacial score (nSPS) is 19.8. The van der Waals surface area contributed by atoms with Gasteiger partial charge in [-0.05, 0) is 6.92 Å². The molecule has 6 heteroatoms. The molecular weight excluding hydrogens is 186 g/mol. The number of carbonyl (C=O) groups is 1. The lowest BCUT2D eigenvalue weighted by Gasteiger charge is -2.19. The van der Waals surface area contributed by atoms with Crippen molar-refractivity contribution in [2.45, 2.75) is 19.3 Å². The smallest absolute Gasteiger partial charge is 0.228 e. The maximum Gasteiger partial charge on any atom is 0.228 e. The van der Waals surface area contributed by atoms with E-state index >= 15 is 0 Å². The highest BCUT2D eigenvalue weighted by molar-refractivity contribution is 5.85. The van der Waals surface area contributed by atoms with Crippen molar-refractivity contribution in [1.29, 1.82) is 0 Å². The molecule has 2 heterocycles. The van der Waals surface area contributed by atoms with E-state index in [0.717, 1.165) is 0 Å². The zero-order valence-corrected chi connectivity index (χ0v) is 7.84. The van der Waals surface area contributed by atoms with Crippen molar-refractivity contribution >= 4 is 5.78 Å². The summed E-state index contributed by atoms with van der Waals surface area (Å²) in [5, 5.41) is 3.83. The van der Waals surface area contributed by atoms with Crippen molar-refractivity contribution in [1.82, 2.24) is 14.8 Å². The lowest BCUT2D eigenvalue weighted by Crippen LogP contribution is -2.38. The SMILES string of the molecule is CC1(C(=O)Cn2cncn2)OCCO1. The van der Waals surface area contributed by atoms with Crippen molar-refractivity contribution in [2.75, 3.05) is 13.2 Å². The van der Waals surface area contributed by atoms with Crippen LogP contribution in [0.5, 0.6) is 0 Å². The van der Waals surface area contributed by atoms with Gasteiger partial charge in [-0.15, -0.1) is 0 Å². The molecule has 1 fully saturated rings. The van der Waals surface area contributed by atoms with E-state index in [4.69, 9.17) is 9.47 Å². The fourth-order valence-electron chi connectivity index (χ4n) is 1.28. The maximum atomic E-state index is 11.7. The number of aromatic nitrogens is 3. The number of hydrogen-bond donors (Lipinski definition) is 0. The molecule has 0 aromatic carbocycles. The van der Waals surface area contributed by atoms with Gasteiger partial charge in [0, 0.05) is 0 Å². The van der Waals surface area contributed by atoms with E-state index in [1.807, 2.05) is 0 Å². The first-order valence-electron chi connectivity index (χ1n) is 4.34. The molecule has 0 radical (unpaired) electrons. The van der Waals surface area contributed by atoms with Gasteiger partial charge in [0.15, 0.2) is 0 Å². The number of ketones is 1. The monoisotopic (exact) mass is 197 g/mol. The Hall–Kier alpha value is -1.27. The summed E-state index contributed by atoms with van der Waals surface area (Å²) in [7, 11) is 0. The van der Waals surface area contributed by atoms with Crippen molar-refractivity contribution < 1.29 is 14.3 Å². The average Bonchev–Trinajstić information content (AvgIpc) is 2.76. The predicted octanol–water partition coefficient (Wildman–Crippen LogP) is -0.390. The second kappa shape index (κ2) is 3.47. The summed E-state index contributed by atoms with van der Waals surface area (Å²) >= 11 is 0. The van der Waals surface area contributed by atoms with Crippen LogP contribution in [-0.2, 0) is 20.8 Å². The molecule has 6 nitrogen and oxygen atoms in total. The summed E-state index contributed by atoms with van der Waals surface area (Å²) in [5.74, 6) is -1.26. The molecular formula is C8H11N3O3. The number of nitrogens with zero attached hydrogens (tertiary/aromatic N) is 3. The minimum atomic E-state index is -1.11. The number of ether oxygens (including phenoxy) is 2. The standard InChI is InChI=1S/C8H11N3O3/c1-8(13-2-3-14-8)7(12)4-11-6-9-5-10-11/h5-6H,2-4H2,1H3. The zero-order chi connectivity index (χ0) is 10.0. The summed E-state index contributed by atoms with van der Waals surface area (Å²) in [6.07, 6.45) is 2.86. The lowest BCUT2D eigenvalue weighted by molar-refractivity contribution is -0.174. The third kappa shape index (κ3) is 1.66. The molecule has 2 rings (SSSR count). The van der Waals surface area contributed by atoms with E-state index in [0.29, 0.717) is 13.2 Å². The van der Waals surface area contributed by atoms with E-state index < -0.39 is 5.79 Å². The van der Waals surface area contributed by atoms with Crippen molar-refractivity contribution in [3.63, 3.8) is 0 Å². The molecule has 0 amide bonds. The van der Waals surface area contributed by atoms with Gasteiger partial charge in [0.25, 0.3) is 0 Å². The van der Waals surface area contributed by atoms with Gasteiger partial charge in [0.1, 0.15) is 19.2 Å². The van der Waals surface area contributed by atoms with Crippen LogP contribution in [0, 0.1) is 0 Å². The molecule has 0 bridgehead atoms.